The second-order valence-electron chi connectivity index (χ2n) is 11.0. The largest absolute Gasteiger partial charge is 0.465 e. The van der Waals surface area contributed by atoms with Crippen LogP contribution in [-0.4, -0.2) is 55.4 Å². The van der Waals surface area contributed by atoms with Crippen molar-refractivity contribution in [1.82, 2.24) is 15.5 Å². The van der Waals surface area contributed by atoms with E-state index < -0.39 is 14.2 Å². The van der Waals surface area contributed by atoms with Crippen LogP contribution in [0, 0.1) is 5.41 Å². The summed E-state index contributed by atoms with van der Waals surface area (Å²) >= 11 is 0. The number of rotatable bonds is 8. The summed E-state index contributed by atoms with van der Waals surface area (Å²) in [5.41, 5.74) is -0.101. The SMILES string of the molecule is CN(C(=O)NC(C)(C)C)C(CNC(=O)O)CC1(CC[Si](C)(C)C)CCCCC1. The fourth-order valence-corrected chi connectivity index (χ4v) is 5.40. The minimum Gasteiger partial charge on any atom is -0.465 e. The van der Waals surface area contributed by atoms with Gasteiger partial charge in [-0.25, -0.2) is 9.59 Å². The highest BCUT2D eigenvalue weighted by molar-refractivity contribution is 6.76. The number of carbonyl (C=O) groups is 2. The van der Waals surface area contributed by atoms with Gasteiger partial charge < -0.3 is 20.6 Å². The van der Waals surface area contributed by atoms with Crippen LogP contribution in [-0.2, 0) is 0 Å². The van der Waals surface area contributed by atoms with Gasteiger partial charge in [-0.05, 0) is 51.9 Å². The fraction of sp³-hybridized carbons (Fsp3) is 0.905. The molecule has 0 saturated heterocycles. The maximum absolute atomic E-state index is 12.8. The summed E-state index contributed by atoms with van der Waals surface area (Å²) in [4.78, 5) is 25.6. The summed E-state index contributed by atoms with van der Waals surface area (Å²) in [7, 11) is 0.637. The Morgan fingerprint density at radius 3 is 2.18 bits per heavy atom. The third-order valence-electron chi connectivity index (χ3n) is 5.83. The summed E-state index contributed by atoms with van der Waals surface area (Å²) in [5.74, 6) is 0. The van der Waals surface area contributed by atoms with Crippen LogP contribution in [0.4, 0.5) is 9.59 Å². The molecule has 0 spiro atoms. The molecule has 0 aromatic rings. The van der Waals surface area contributed by atoms with Gasteiger partial charge in [0.05, 0.1) is 6.04 Å². The lowest BCUT2D eigenvalue weighted by Gasteiger charge is -2.43. The smallest absolute Gasteiger partial charge is 0.404 e. The second-order valence-corrected chi connectivity index (χ2v) is 16.6. The van der Waals surface area contributed by atoms with Crippen molar-refractivity contribution < 1.29 is 14.7 Å². The normalized spacial score (nSPS) is 18.2. The number of nitrogens with zero attached hydrogens (tertiary/aromatic N) is 1. The molecule has 1 unspecified atom stereocenters. The number of carboxylic acid groups (broad SMARTS) is 1. The van der Waals surface area contributed by atoms with Crippen molar-refractivity contribution in [2.45, 2.75) is 103 Å². The molecule has 1 rings (SSSR count). The summed E-state index contributed by atoms with van der Waals surface area (Å²) in [6.45, 7) is 13.4. The van der Waals surface area contributed by atoms with Crippen LogP contribution in [0.15, 0.2) is 0 Å². The second kappa shape index (κ2) is 9.99. The monoisotopic (exact) mass is 413 g/mol. The number of nitrogens with one attached hydrogen (secondary N) is 2. The molecule has 3 amide bonds. The first kappa shape index (κ1) is 24.8. The van der Waals surface area contributed by atoms with Crippen LogP contribution in [0.1, 0.15) is 65.7 Å². The Balaban J connectivity index is 2.98. The Hall–Kier alpha value is -1.24. The van der Waals surface area contributed by atoms with Gasteiger partial charge in [-0.1, -0.05) is 44.9 Å². The van der Waals surface area contributed by atoms with E-state index in [2.05, 4.69) is 30.3 Å². The van der Waals surface area contributed by atoms with E-state index in [1.165, 1.54) is 44.6 Å². The average Bonchev–Trinajstić information content (AvgIpc) is 2.55. The molecule has 7 heteroatoms. The molecule has 1 aliphatic carbocycles. The molecule has 6 nitrogen and oxygen atoms in total. The highest BCUT2D eigenvalue weighted by Crippen LogP contribution is 2.45. The summed E-state index contributed by atoms with van der Waals surface area (Å²) < 4.78 is 0. The molecule has 1 aliphatic rings. The molecule has 3 N–H and O–H groups in total. The van der Waals surface area contributed by atoms with Gasteiger partial charge >= 0.3 is 12.1 Å². The first-order chi connectivity index (χ1) is 12.7. The minimum absolute atomic E-state index is 0.138. The number of amides is 3. The van der Waals surface area contributed by atoms with E-state index in [0.717, 1.165) is 6.42 Å². The topological polar surface area (TPSA) is 81.7 Å². The maximum Gasteiger partial charge on any atom is 0.404 e. The molecule has 28 heavy (non-hydrogen) atoms. The molecule has 0 aromatic heterocycles. The highest BCUT2D eigenvalue weighted by Gasteiger charge is 2.37. The van der Waals surface area contributed by atoms with Crippen molar-refractivity contribution in [1.29, 1.82) is 0 Å². The fourth-order valence-electron chi connectivity index (χ4n) is 4.12. The molecule has 164 valence electrons. The van der Waals surface area contributed by atoms with Gasteiger partial charge in [0.15, 0.2) is 0 Å². The third-order valence-corrected chi connectivity index (χ3v) is 7.58. The van der Waals surface area contributed by atoms with Gasteiger partial charge in [-0.3, -0.25) is 0 Å². The lowest BCUT2D eigenvalue weighted by Crippen LogP contribution is -2.54. The molecule has 0 heterocycles. The number of hydrogen-bond donors (Lipinski definition) is 3. The van der Waals surface area contributed by atoms with Crippen LogP contribution < -0.4 is 10.6 Å². The van der Waals surface area contributed by atoms with Crippen LogP contribution in [0.5, 0.6) is 0 Å². The number of likely N-dealkylation sites (N-methyl/N-ethyl adjacent to an activating group) is 1. The number of hydrogen-bond acceptors (Lipinski definition) is 2. The molecule has 0 radical (unpaired) electrons. The quantitative estimate of drug-likeness (QED) is 0.482. The van der Waals surface area contributed by atoms with E-state index in [4.69, 9.17) is 5.11 Å². The molecular formula is C21H43N3O3Si. The van der Waals surface area contributed by atoms with E-state index in [1.807, 2.05) is 20.8 Å². The standard InChI is InChI=1S/C21H43N3O3Si/c1-20(2,3)23-18(25)24(4)17(16-22-19(26)27)15-21(11-9-8-10-12-21)13-14-28(5,6)7/h17,22H,8-16H2,1-7H3,(H,23,25)(H,26,27). The van der Waals surface area contributed by atoms with Gasteiger partial charge in [0, 0.05) is 27.2 Å². The predicted molar refractivity (Wildman–Crippen MR) is 119 cm³/mol. The lowest BCUT2D eigenvalue weighted by atomic mass is 9.68. The van der Waals surface area contributed by atoms with Crippen molar-refractivity contribution in [2.24, 2.45) is 5.41 Å². The summed E-state index contributed by atoms with van der Waals surface area (Å²) in [5, 5.41) is 14.7. The van der Waals surface area contributed by atoms with E-state index in [1.54, 1.807) is 11.9 Å². The zero-order chi connectivity index (χ0) is 21.6. The summed E-state index contributed by atoms with van der Waals surface area (Å²) in [6.07, 6.45) is 7.17. The third kappa shape index (κ3) is 9.30. The predicted octanol–water partition coefficient (Wildman–Crippen LogP) is 5.13. The van der Waals surface area contributed by atoms with E-state index >= 15 is 0 Å². The Kier molecular flexibility index (Phi) is 8.84. The number of urea groups is 1. The molecule has 0 aliphatic heterocycles. The van der Waals surface area contributed by atoms with Crippen molar-refractivity contribution in [3.63, 3.8) is 0 Å². The molecule has 1 atom stereocenters. The van der Waals surface area contributed by atoms with Gasteiger partial charge in [0.1, 0.15) is 0 Å². The molecule has 1 fully saturated rings. The minimum atomic E-state index is -1.16. The lowest BCUT2D eigenvalue weighted by molar-refractivity contribution is 0.105. The Morgan fingerprint density at radius 2 is 1.71 bits per heavy atom. The van der Waals surface area contributed by atoms with Crippen LogP contribution in [0.2, 0.25) is 25.7 Å². The molecular weight excluding hydrogens is 370 g/mol. The molecule has 1 saturated carbocycles. The van der Waals surface area contributed by atoms with Crippen LogP contribution in [0.3, 0.4) is 0 Å². The van der Waals surface area contributed by atoms with Gasteiger partial charge in [0.2, 0.25) is 0 Å². The maximum atomic E-state index is 12.8. The van der Waals surface area contributed by atoms with E-state index in [9.17, 15) is 9.59 Å². The van der Waals surface area contributed by atoms with Crippen molar-refractivity contribution in [2.75, 3.05) is 13.6 Å². The zero-order valence-corrected chi connectivity index (χ0v) is 20.2. The Labute approximate surface area is 172 Å². The van der Waals surface area contributed by atoms with Gasteiger partial charge in [-0.15, -0.1) is 0 Å². The van der Waals surface area contributed by atoms with E-state index in [-0.39, 0.29) is 29.6 Å². The van der Waals surface area contributed by atoms with Crippen molar-refractivity contribution in [3.8, 4) is 0 Å². The average molecular weight is 414 g/mol. The van der Waals surface area contributed by atoms with E-state index in [0.29, 0.717) is 0 Å². The first-order valence-electron chi connectivity index (χ1n) is 10.7. The highest BCUT2D eigenvalue weighted by atomic mass is 28.3. The van der Waals surface area contributed by atoms with Crippen LogP contribution in [0.25, 0.3) is 0 Å². The molecule has 0 bridgehead atoms. The van der Waals surface area contributed by atoms with Crippen molar-refractivity contribution >= 4 is 20.2 Å². The molecule has 0 aromatic carbocycles. The van der Waals surface area contributed by atoms with Gasteiger partial charge in [0.25, 0.3) is 0 Å². The summed E-state index contributed by atoms with van der Waals surface area (Å²) in [6, 6.07) is 1.00. The Morgan fingerprint density at radius 1 is 1.14 bits per heavy atom. The van der Waals surface area contributed by atoms with Gasteiger partial charge in [-0.2, -0.15) is 0 Å². The zero-order valence-electron chi connectivity index (χ0n) is 19.2. The Bertz CT molecular complexity index is 520. The van der Waals surface area contributed by atoms with Crippen molar-refractivity contribution in [3.05, 3.63) is 0 Å². The van der Waals surface area contributed by atoms with Crippen LogP contribution >= 0.6 is 0 Å². The number of carbonyl (C=O) groups excluding carboxylic acids is 1. The first-order valence-corrected chi connectivity index (χ1v) is 14.5.